The molecule has 1 aliphatic rings. The van der Waals surface area contributed by atoms with Gasteiger partial charge in [-0.15, -0.1) is 0 Å². The van der Waals surface area contributed by atoms with Crippen LogP contribution < -0.4 is 10.6 Å². The molecule has 1 aromatic carbocycles. The fourth-order valence-corrected chi connectivity index (χ4v) is 2.54. The summed E-state index contributed by atoms with van der Waals surface area (Å²) in [5, 5.41) is 0. The maximum atomic E-state index is 13.3. The number of hydrogen-bond acceptors (Lipinski definition) is 2. The quantitative estimate of drug-likeness (QED) is 0.870. The zero-order valence-corrected chi connectivity index (χ0v) is 11.5. The number of benzene rings is 1. The van der Waals surface area contributed by atoms with E-state index in [9.17, 15) is 4.39 Å². The molecule has 0 saturated heterocycles. The van der Waals surface area contributed by atoms with Gasteiger partial charge in [-0.1, -0.05) is 6.92 Å². The van der Waals surface area contributed by atoms with E-state index >= 15 is 0 Å². The van der Waals surface area contributed by atoms with Crippen molar-refractivity contribution in [3.8, 4) is 0 Å². The molecule has 0 radical (unpaired) electrons. The average Bonchev–Trinajstić information content (AvgIpc) is 2.93. The minimum Gasteiger partial charge on any atom is -0.374 e. The molecule has 3 heteroatoms. The number of rotatable bonds is 5. The van der Waals surface area contributed by atoms with Crippen molar-refractivity contribution in [1.82, 2.24) is 0 Å². The van der Waals surface area contributed by atoms with Crippen LogP contribution in [0, 0.1) is 17.7 Å². The van der Waals surface area contributed by atoms with Gasteiger partial charge in [-0.05, 0) is 55.4 Å². The van der Waals surface area contributed by atoms with Gasteiger partial charge in [0, 0.05) is 25.3 Å². The molecule has 1 saturated carbocycles. The molecular formula is C15H23FN2. The summed E-state index contributed by atoms with van der Waals surface area (Å²) in [5.74, 6) is 1.45. The summed E-state index contributed by atoms with van der Waals surface area (Å²) in [4.78, 5) is 2.24. The first kappa shape index (κ1) is 13.3. The minimum absolute atomic E-state index is 0.0544. The number of nitrogens with zero attached hydrogens (tertiary/aromatic N) is 1. The molecule has 1 fully saturated rings. The van der Waals surface area contributed by atoms with Gasteiger partial charge in [0.05, 0.1) is 0 Å². The Bertz CT molecular complexity index is 417. The highest BCUT2D eigenvalue weighted by atomic mass is 19.1. The van der Waals surface area contributed by atoms with Crippen molar-refractivity contribution in [2.45, 2.75) is 32.7 Å². The summed E-state index contributed by atoms with van der Waals surface area (Å²) in [6, 6.07) is 5.08. The lowest BCUT2D eigenvalue weighted by Gasteiger charge is -2.23. The van der Waals surface area contributed by atoms with Crippen molar-refractivity contribution in [2.24, 2.45) is 17.6 Å². The van der Waals surface area contributed by atoms with Crippen LogP contribution in [-0.2, 0) is 6.42 Å². The lowest BCUT2D eigenvalue weighted by Crippen LogP contribution is -2.24. The molecule has 0 aliphatic heterocycles. The molecule has 0 heterocycles. The number of nitrogens with two attached hydrogens (primary N) is 1. The molecule has 100 valence electrons. The molecule has 2 rings (SSSR count). The standard InChI is InChI=1S/C15H23FN2/c1-10-6-13(10)9-18(3)15-5-4-14(16)8-12(15)7-11(2)17/h4-5,8,10-11,13H,6-7,9,17H2,1-3H3. The average molecular weight is 250 g/mol. The fourth-order valence-electron chi connectivity index (χ4n) is 2.54. The van der Waals surface area contributed by atoms with Gasteiger partial charge in [0.1, 0.15) is 5.82 Å². The third-order valence-corrected chi connectivity index (χ3v) is 3.78. The van der Waals surface area contributed by atoms with Crippen molar-refractivity contribution in [1.29, 1.82) is 0 Å². The van der Waals surface area contributed by atoms with E-state index in [2.05, 4.69) is 18.9 Å². The molecule has 2 nitrogen and oxygen atoms in total. The molecule has 0 spiro atoms. The largest absolute Gasteiger partial charge is 0.374 e. The van der Waals surface area contributed by atoms with Crippen molar-refractivity contribution in [3.05, 3.63) is 29.6 Å². The summed E-state index contributed by atoms with van der Waals surface area (Å²) in [6.45, 7) is 5.29. The molecule has 1 aromatic rings. The Morgan fingerprint density at radius 2 is 2.17 bits per heavy atom. The topological polar surface area (TPSA) is 29.3 Å². The van der Waals surface area contributed by atoms with Crippen molar-refractivity contribution in [3.63, 3.8) is 0 Å². The number of halogens is 1. The van der Waals surface area contributed by atoms with E-state index in [-0.39, 0.29) is 11.9 Å². The first-order valence-electron chi connectivity index (χ1n) is 6.72. The minimum atomic E-state index is -0.178. The zero-order valence-electron chi connectivity index (χ0n) is 11.5. The van der Waals surface area contributed by atoms with E-state index in [1.54, 1.807) is 6.07 Å². The smallest absolute Gasteiger partial charge is 0.123 e. The fraction of sp³-hybridized carbons (Fsp3) is 0.600. The van der Waals surface area contributed by atoms with Crippen LogP contribution >= 0.6 is 0 Å². The summed E-state index contributed by atoms with van der Waals surface area (Å²) in [7, 11) is 2.09. The van der Waals surface area contributed by atoms with E-state index in [4.69, 9.17) is 5.73 Å². The molecule has 18 heavy (non-hydrogen) atoms. The van der Waals surface area contributed by atoms with E-state index in [0.29, 0.717) is 0 Å². The summed E-state index contributed by atoms with van der Waals surface area (Å²) in [6.07, 6.45) is 2.03. The second-order valence-electron chi connectivity index (χ2n) is 5.81. The first-order valence-corrected chi connectivity index (χ1v) is 6.72. The maximum absolute atomic E-state index is 13.3. The zero-order chi connectivity index (χ0) is 13.3. The Morgan fingerprint density at radius 3 is 2.72 bits per heavy atom. The molecule has 2 N–H and O–H groups in total. The molecule has 1 aliphatic carbocycles. The summed E-state index contributed by atoms with van der Waals surface area (Å²) in [5.41, 5.74) is 7.97. The second kappa shape index (κ2) is 5.27. The highest BCUT2D eigenvalue weighted by molar-refractivity contribution is 5.53. The predicted molar refractivity (Wildman–Crippen MR) is 74.3 cm³/mol. The molecule has 0 aromatic heterocycles. The van der Waals surface area contributed by atoms with Gasteiger partial charge in [0.2, 0.25) is 0 Å². The predicted octanol–water partition coefficient (Wildman–Crippen LogP) is 2.81. The Morgan fingerprint density at radius 1 is 1.50 bits per heavy atom. The summed E-state index contributed by atoms with van der Waals surface area (Å²) < 4.78 is 13.3. The van der Waals surface area contributed by atoms with Crippen LogP contribution in [0.4, 0.5) is 10.1 Å². The van der Waals surface area contributed by atoms with Crippen molar-refractivity contribution < 1.29 is 4.39 Å². The van der Waals surface area contributed by atoms with Crippen LogP contribution in [0.2, 0.25) is 0 Å². The third kappa shape index (κ3) is 3.22. The van der Waals surface area contributed by atoms with Gasteiger partial charge >= 0.3 is 0 Å². The Balaban J connectivity index is 2.14. The van der Waals surface area contributed by atoms with Gasteiger partial charge in [0.15, 0.2) is 0 Å². The highest BCUT2D eigenvalue weighted by Crippen LogP contribution is 2.39. The van der Waals surface area contributed by atoms with E-state index in [1.807, 2.05) is 13.0 Å². The van der Waals surface area contributed by atoms with Crippen molar-refractivity contribution >= 4 is 5.69 Å². The van der Waals surface area contributed by atoms with Gasteiger partial charge < -0.3 is 10.6 Å². The van der Waals surface area contributed by atoms with Gasteiger partial charge in [0.25, 0.3) is 0 Å². The van der Waals surface area contributed by atoms with E-state index in [0.717, 1.165) is 36.1 Å². The number of anilines is 1. The van der Waals surface area contributed by atoms with E-state index < -0.39 is 0 Å². The highest BCUT2D eigenvalue weighted by Gasteiger charge is 2.33. The summed E-state index contributed by atoms with van der Waals surface area (Å²) >= 11 is 0. The molecular weight excluding hydrogens is 227 g/mol. The van der Waals surface area contributed by atoms with Crippen LogP contribution in [0.3, 0.4) is 0 Å². The molecule has 3 atom stereocenters. The normalized spacial score (nSPS) is 23.8. The maximum Gasteiger partial charge on any atom is 0.123 e. The van der Waals surface area contributed by atoms with Gasteiger partial charge in [-0.25, -0.2) is 4.39 Å². The van der Waals surface area contributed by atoms with Crippen LogP contribution in [0.15, 0.2) is 18.2 Å². The Kier molecular flexibility index (Phi) is 3.91. The van der Waals surface area contributed by atoms with E-state index in [1.165, 1.54) is 12.5 Å². The van der Waals surface area contributed by atoms with Gasteiger partial charge in [-0.3, -0.25) is 0 Å². The van der Waals surface area contributed by atoms with Crippen LogP contribution in [0.25, 0.3) is 0 Å². The lowest BCUT2D eigenvalue weighted by atomic mass is 10.0. The molecule has 0 bridgehead atoms. The Labute approximate surface area is 109 Å². The second-order valence-corrected chi connectivity index (χ2v) is 5.81. The SMILES string of the molecule is CC(N)Cc1cc(F)ccc1N(C)CC1CC1C. The van der Waals surface area contributed by atoms with Gasteiger partial charge in [-0.2, -0.15) is 0 Å². The number of hydrogen-bond donors (Lipinski definition) is 1. The molecule has 0 amide bonds. The lowest BCUT2D eigenvalue weighted by molar-refractivity contribution is 0.621. The van der Waals surface area contributed by atoms with Crippen LogP contribution in [0.5, 0.6) is 0 Å². The van der Waals surface area contributed by atoms with Crippen molar-refractivity contribution in [2.75, 3.05) is 18.5 Å². The van der Waals surface area contributed by atoms with Crippen LogP contribution in [-0.4, -0.2) is 19.6 Å². The molecule has 3 unspecified atom stereocenters. The van der Waals surface area contributed by atoms with Crippen LogP contribution in [0.1, 0.15) is 25.8 Å². The first-order chi connectivity index (χ1) is 8.47. The third-order valence-electron chi connectivity index (χ3n) is 3.78. The monoisotopic (exact) mass is 250 g/mol. The Hall–Kier alpha value is -1.09.